The maximum Gasteiger partial charge on any atom is 0.416 e. The summed E-state index contributed by atoms with van der Waals surface area (Å²) < 4.78 is 45.3. The monoisotopic (exact) mass is 393 g/mol. The van der Waals surface area contributed by atoms with E-state index >= 15 is 0 Å². The predicted octanol–water partition coefficient (Wildman–Crippen LogP) is 3.76. The summed E-state index contributed by atoms with van der Waals surface area (Å²) in [4.78, 5) is 13.4. The molecule has 1 atom stereocenters. The van der Waals surface area contributed by atoms with Crippen LogP contribution in [-0.4, -0.2) is 48.1 Å². The number of alkyl halides is 4. The van der Waals surface area contributed by atoms with Crippen LogP contribution in [0.1, 0.15) is 19.8 Å². The molecule has 0 aromatic heterocycles. The van der Waals surface area contributed by atoms with Crippen LogP contribution in [-0.2, 0) is 9.53 Å². The molecule has 0 spiro atoms. The molecule has 0 radical (unpaired) electrons. The van der Waals surface area contributed by atoms with Gasteiger partial charge in [-0.05, 0) is 44.5 Å². The number of carbonyl (C=O) groups excluding carboxylic acids is 1. The molecular weight excluding hydrogens is 375 g/mol. The molecule has 1 aliphatic carbocycles. The molecule has 2 rings (SSSR count). The number of rotatable bonds is 4. The molecule has 7 heteroatoms. The first-order chi connectivity index (χ1) is 10.8. The quantitative estimate of drug-likeness (QED) is 0.537. The average Bonchev–Trinajstić information content (AvgIpc) is 2.87. The van der Waals surface area contributed by atoms with Gasteiger partial charge in [0, 0.05) is 6.54 Å². The standard InChI is InChI=1S/C16H19BrF3NO2/c1-2-23-15(22)11-7-13(17)8-12(10-21-5-3-4-6-21)14(9-11)16(18,19)20/h7-9,13H,2-6,10H2,1H3. The first-order valence-electron chi connectivity index (χ1n) is 7.56. The molecule has 1 unspecified atom stereocenters. The zero-order valence-electron chi connectivity index (χ0n) is 12.8. The van der Waals surface area contributed by atoms with E-state index < -0.39 is 22.5 Å². The number of esters is 1. The van der Waals surface area contributed by atoms with Gasteiger partial charge in [-0.3, -0.25) is 4.90 Å². The Bertz CT molecular complexity index is 546. The van der Waals surface area contributed by atoms with Crippen LogP contribution in [0, 0.1) is 0 Å². The molecule has 1 saturated heterocycles. The highest BCUT2D eigenvalue weighted by molar-refractivity contribution is 9.09. The SMILES string of the molecule is CCOC(=O)C1=CC(Br)C=C(CN2CCCC2)C(C(F)(F)F)=C1. The van der Waals surface area contributed by atoms with Crippen LogP contribution in [0.3, 0.4) is 0 Å². The zero-order chi connectivity index (χ0) is 17.0. The lowest BCUT2D eigenvalue weighted by atomic mass is 10.0. The van der Waals surface area contributed by atoms with E-state index in [4.69, 9.17) is 4.74 Å². The Morgan fingerprint density at radius 1 is 1.35 bits per heavy atom. The van der Waals surface area contributed by atoms with Crippen molar-refractivity contribution in [3.05, 3.63) is 34.9 Å². The summed E-state index contributed by atoms with van der Waals surface area (Å²) in [7, 11) is 0. The van der Waals surface area contributed by atoms with Crippen LogP contribution < -0.4 is 0 Å². The van der Waals surface area contributed by atoms with E-state index in [1.807, 2.05) is 4.90 Å². The van der Waals surface area contributed by atoms with Gasteiger partial charge in [0.05, 0.1) is 22.6 Å². The number of carbonyl (C=O) groups is 1. The molecule has 1 heterocycles. The van der Waals surface area contributed by atoms with Gasteiger partial charge in [0.1, 0.15) is 0 Å². The highest BCUT2D eigenvalue weighted by atomic mass is 79.9. The lowest BCUT2D eigenvalue weighted by molar-refractivity contribution is -0.138. The van der Waals surface area contributed by atoms with Gasteiger partial charge in [-0.25, -0.2) is 4.79 Å². The molecule has 1 fully saturated rings. The predicted molar refractivity (Wildman–Crippen MR) is 85.3 cm³/mol. The Morgan fingerprint density at radius 2 is 2.00 bits per heavy atom. The Morgan fingerprint density at radius 3 is 2.57 bits per heavy atom. The Labute approximate surface area is 142 Å². The van der Waals surface area contributed by atoms with Crippen molar-refractivity contribution >= 4 is 21.9 Å². The summed E-state index contributed by atoms with van der Waals surface area (Å²) in [5.74, 6) is -0.741. The molecule has 0 aromatic carbocycles. The van der Waals surface area contributed by atoms with E-state index in [2.05, 4.69) is 15.9 Å². The van der Waals surface area contributed by atoms with Gasteiger partial charge in [0.2, 0.25) is 0 Å². The number of hydrogen-bond donors (Lipinski definition) is 0. The van der Waals surface area contributed by atoms with Gasteiger partial charge in [-0.2, -0.15) is 13.2 Å². The van der Waals surface area contributed by atoms with Crippen LogP contribution in [0.15, 0.2) is 34.9 Å². The van der Waals surface area contributed by atoms with Crippen molar-refractivity contribution in [2.45, 2.75) is 30.8 Å². The molecule has 3 nitrogen and oxygen atoms in total. The third kappa shape index (κ3) is 4.94. The van der Waals surface area contributed by atoms with Crippen molar-refractivity contribution in [3.63, 3.8) is 0 Å². The fraction of sp³-hybridized carbons (Fsp3) is 0.562. The first-order valence-corrected chi connectivity index (χ1v) is 8.48. The number of likely N-dealkylation sites (tertiary alicyclic amines) is 1. The van der Waals surface area contributed by atoms with Crippen molar-refractivity contribution < 1.29 is 22.7 Å². The van der Waals surface area contributed by atoms with Crippen LogP contribution in [0.5, 0.6) is 0 Å². The highest BCUT2D eigenvalue weighted by Gasteiger charge is 2.38. The second-order valence-electron chi connectivity index (χ2n) is 5.52. The van der Waals surface area contributed by atoms with Crippen molar-refractivity contribution in [1.82, 2.24) is 4.90 Å². The fourth-order valence-electron chi connectivity index (χ4n) is 2.72. The van der Waals surface area contributed by atoms with E-state index in [1.165, 1.54) is 12.2 Å². The Hall–Kier alpha value is -1.08. The van der Waals surface area contributed by atoms with E-state index in [0.29, 0.717) is 0 Å². The summed E-state index contributed by atoms with van der Waals surface area (Å²) in [6.45, 7) is 3.57. The summed E-state index contributed by atoms with van der Waals surface area (Å²) >= 11 is 3.30. The van der Waals surface area contributed by atoms with E-state index in [1.54, 1.807) is 6.92 Å². The number of halogens is 4. The van der Waals surface area contributed by atoms with Crippen molar-refractivity contribution in [1.29, 1.82) is 0 Å². The Kier molecular flexibility index (Phi) is 6.08. The topological polar surface area (TPSA) is 29.5 Å². The van der Waals surface area contributed by atoms with Crippen LogP contribution in [0.2, 0.25) is 0 Å². The normalized spacial score (nSPS) is 23.0. The molecule has 23 heavy (non-hydrogen) atoms. The van der Waals surface area contributed by atoms with E-state index in [9.17, 15) is 18.0 Å². The van der Waals surface area contributed by atoms with Gasteiger partial charge in [-0.15, -0.1) is 0 Å². The number of hydrogen-bond acceptors (Lipinski definition) is 3. The highest BCUT2D eigenvalue weighted by Crippen LogP contribution is 2.36. The molecule has 128 valence electrons. The van der Waals surface area contributed by atoms with E-state index in [0.717, 1.165) is 32.0 Å². The first kappa shape index (κ1) is 18.3. The van der Waals surface area contributed by atoms with Crippen LogP contribution in [0.25, 0.3) is 0 Å². The molecule has 0 N–H and O–H groups in total. The van der Waals surface area contributed by atoms with Gasteiger partial charge in [0.25, 0.3) is 0 Å². The molecule has 0 bridgehead atoms. The largest absolute Gasteiger partial charge is 0.462 e. The van der Waals surface area contributed by atoms with Gasteiger partial charge in [0.15, 0.2) is 0 Å². The van der Waals surface area contributed by atoms with Crippen molar-refractivity contribution in [3.8, 4) is 0 Å². The number of ether oxygens (including phenoxy) is 1. The third-order valence-electron chi connectivity index (χ3n) is 3.75. The Balaban J connectivity index is 2.33. The second-order valence-corrected chi connectivity index (χ2v) is 6.58. The zero-order valence-corrected chi connectivity index (χ0v) is 14.4. The summed E-state index contributed by atoms with van der Waals surface area (Å²) in [5.41, 5.74) is -0.656. The summed E-state index contributed by atoms with van der Waals surface area (Å²) in [6.07, 6.45) is 1.35. The maximum atomic E-state index is 13.5. The van der Waals surface area contributed by atoms with E-state index in [-0.39, 0.29) is 24.3 Å². The third-order valence-corrected chi connectivity index (χ3v) is 4.28. The van der Waals surface area contributed by atoms with Crippen LogP contribution in [0.4, 0.5) is 13.2 Å². The minimum absolute atomic E-state index is 0.0753. The van der Waals surface area contributed by atoms with Gasteiger partial charge >= 0.3 is 12.1 Å². The molecular formula is C16H19BrF3NO2. The number of nitrogens with zero attached hydrogens (tertiary/aromatic N) is 1. The van der Waals surface area contributed by atoms with Gasteiger partial charge in [-0.1, -0.05) is 28.1 Å². The number of allylic oxidation sites excluding steroid dienone is 2. The smallest absolute Gasteiger partial charge is 0.416 e. The molecule has 1 aliphatic heterocycles. The van der Waals surface area contributed by atoms with Crippen molar-refractivity contribution in [2.75, 3.05) is 26.2 Å². The average molecular weight is 394 g/mol. The molecule has 0 saturated carbocycles. The van der Waals surface area contributed by atoms with Crippen molar-refractivity contribution in [2.24, 2.45) is 0 Å². The molecule has 2 aliphatic rings. The minimum atomic E-state index is -4.52. The maximum absolute atomic E-state index is 13.5. The fourth-order valence-corrected chi connectivity index (χ4v) is 3.33. The lowest BCUT2D eigenvalue weighted by Crippen LogP contribution is -2.26. The lowest BCUT2D eigenvalue weighted by Gasteiger charge is -2.21. The van der Waals surface area contributed by atoms with Gasteiger partial charge < -0.3 is 4.74 Å². The summed E-state index contributed by atoms with van der Waals surface area (Å²) in [6, 6.07) is 0. The van der Waals surface area contributed by atoms with Crippen LogP contribution >= 0.6 is 15.9 Å². The minimum Gasteiger partial charge on any atom is -0.462 e. The second kappa shape index (κ2) is 7.66. The molecule has 0 aromatic rings. The molecule has 0 amide bonds. The summed E-state index contributed by atoms with van der Waals surface area (Å²) in [5, 5.41) is 0.